The lowest BCUT2D eigenvalue weighted by Gasteiger charge is -2.26. The number of nitrogens with one attached hydrogen (secondary N) is 1. The number of primary amides is 1. The summed E-state index contributed by atoms with van der Waals surface area (Å²) in [5, 5.41) is 1.76. The topological polar surface area (TPSA) is 114 Å². The van der Waals surface area contributed by atoms with Crippen LogP contribution in [-0.4, -0.2) is 58.0 Å². The van der Waals surface area contributed by atoms with Crippen LogP contribution in [0.25, 0.3) is 32.9 Å². The van der Waals surface area contributed by atoms with Crippen LogP contribution >= 0.6 is 0 Å². The van der Waals surface area contributed by atoms with Gasteiger partial charge in [-0.15, -0.1) is 0 Å². The summed E-state index contributed by atoms with van der Waals surface area (Å²) >= 11 is 0. The Morgan fingerprint density at radius 3 is 2.50 bits per heavy atom. The van der Waals surface area contributed by atoms with Crippen molar-refractivity contribution in [2.45, 2.75) is 0 Å². The zero-order valence-corrected chi connectivity index (χ0v) is 16.1. The molecular weight excluding hydrogens is 382 g/mol. The minimum atomic E-state index is -0.533. The van der Waals surface area contributed by atoms with E-state index in [2.05, 4.69) is 15.0 Å². The van der Waals surface area contributed by atoms with Gasteiger partial charge in [-0.25, -0.2) is 9.97 Å². The number of carbonyl (C=O) groups is 2. The molecule has 8 nitrogen and oxygen atoms in total. The highest BCUT2D eigenvalue weighted by atomic mass is 16.5. The summed E-state index contributed by atoms with van der Waals surface area (Å²) in [6.07, 6.45) is 4.83. The van der Waals surface area contributed by atoms with E-state index in [0.717, 1.165) is 27.4 Å². The van der Waals surface area contributed by atoms with Crippen LogP contribution in [0, 0.1) is 0 Å². The van der Waals surface area contributed by atoms with Crippen LogP contribution in [-0.2, 0) is 4.74 Å². The molecular formula is C22H19N5O3. The first-order chi connectivity index (χ1) is 14.6. The van der Waals surface area contributed by atoms with Crippen molar-refractivity contribution in [3.05, 3.63) is 60.2 Å². The number of carbonyl (C=O) groups excluding carboxylic acids is 2. The average molecular weight is 401 g/mol. The van der Waals surface area contributed by atoms with Gasteiger partial charge < -0.3 is 20.4 Å². The number of rotatable bonds is 3. The Bertz CT molecular complexity index is 1280. The van der Waals surface area contributed by atoms with Gasteiger partial charge in [0, 0.05) is 52.9 Å². The number of nitrogens with two attached hydrogens (primary N) is 1. The molecule has 3 heterocycles. The Morgan fingerprint density at radius 1 is 1.00 bits per heavy atom. The molecule has 4 aromatic rings. The molecule has 0 aliphatic carbocycles. The second-order valence-electron chi connectivity index (χ2n) is 7.23. The number of aromatic amines is 1. The van der Waals surface area contributed by atoms with Crippen molar-refractivity contribution in [3.8, 4) is 11.1 Å². The predicted molar refractivity (Wildman–Crippen MR) is 112 cm³/mol. The lowest BCUT2D eigenvalue weighted by molar-refractivity contribution is 0.0303. The van der Waals surface area contributed by atoms with Gasteiger partial charge in [-0.1, -0.05) is 6.07 Å². The molecule has 0 saturated carbocycles. The maximum absolute atomic E-state index is 12.8. The largest absolute Gasteiger partial charge is 0.378 e. The van der Waals surface area contributed by atoms with Gasteiger partial charge in [0.1, 0.15) is 6.33 Å². The molecule has 8 heteroatoms. The van der Waals surface area contributed by atoms with Gasteiger partial charge in [0.2, 0.25) is 0 Å². The maximum atomic E-state index is 12.8. The Morgan fingerprint density at radius 2 is 1.77 bits per heavy atom. The first-order valence-electron chi connectivity index (χ1n) is 9.63. The fraction of sp³-hybridized carbons (Fsp3) is 0.182. The molecule has 0 bridgehead atoms. The van der Waals surface area contributed by atoms with Crippen LogP contribution in [0.1, 0.15) is 20.7 Å². The van der Waals surface area contributed by atoms with Gasteiger partial charge in [0.25, 0.3) is 11.8 Å². The summed E-state index contributed by atoms with van der Waals surface area (Å²) in [6.45, 7) is 2.26. The van der Waals surface area contributed by atoms with Crippen LogP contribution in [0.3, 0.4) is 0 Å². The molecule has 5 rings (SSSR count). The van der Waals surface area contributed by atoms with E-state index >= 15 is 0 Å². The van der Waals surface area contributed by atoms with E-state index in [0.29, 0.717) is 42.9 Å². The third-order valence-corrected chi connectivity index (χ3v) is 5.41. The molecule has 0 radical (unpaired) electrons. The van der Waals surface area contributed by atoms with Crippen molar-refractivity contribution in [3.63, 3.8) is 0 Å². The van der Waals surface area contributed by atoms with Crippen LogP contribution in [0.15, 0.2) is 49.1 Å². The second-order valence-corrected chi connectivity index (χ2v) is 7.23. The van der Waals surface area contributed by atoms with Gasteiger partial charge >= 0.3 is 0 Å². The van der Waals surface area contributed by atoms with Crippen LogP contribution in [0.4, 0.5) is 0 Å². The van der Waals surface area contributed by atoms with Crippen LogP contribution < -0.4 is 5.73 Å². The van der Waals surface area contributed by atoms with E-state index < -0.39 is 5.91 Å². The molecule has 1 aliphatic rings. The summed E-state index contributed by atoms with van der Waals surface area (Å²) in [4.78, 5) is 38.2. The fourth-order valence-electron chi connectivity index (χ4n) is 3.90. The second kappa shape index (κ2) is 7.23. The van der Waals surface area contributed by atoms with Gasteiger partial charge in [0.05, 0.1) is 24.3 Å². The van der Waals surface area contributed by atoms with Gasteiger partial charge in [-0.2, -0.15) is 0 Å². The van der Waals surface area contributed by atoms with Crippen molar-refractivity contribution in [1.29, 1.82) is 0 Å². The third kappa shape index (κ3) is 3.07. The smallest absolute Gasteiger partial charge is 0.254 e. The lowest BCUT2D eigenvalue weighted by atomic mass is 10.00. The molecule has 2 aromatic carbocycles. The van der Waals surface area contributed by atoms with E-state index in [4.69, 9.17) is 10.5 Å². The summed E-state index contributed by atoms with van der Waals surface area (Å²) in [6, 6.07) is 9.25. The number of hydrogen-bond donors (Lipinski definition) is 2. The first-order valence-corrected chi connectivity index (χ1v) is 9.63. The van der Waals surface area contributed by atoms with Gasteiger partial charge in [0.15, 0.2) is 0 Å². The third-order valence-electron chi connectivity index (χ3n) is 5.41. The van der Waals surface area contributed by atoms with E-state index in [1.165, 1.54) is 6.33 Å². The monoisotopic (exact) mass is 401 g/mol. The minimum Gasteiger partial charge on any atom is -0.378 e. The molecule has 2 aromatic heterocycles. The molecule has 30 heavy (non-hydrogen) atoms. The summed E-state index contributed by atoms with van der Waals surface area (Å²) < 4.78 is 5.33. The van der Waals surface area contributed by atoms with Gasteiger partial charge in [-0.3, -0.25) is 9.59 Å². The number of H-pyrrole nitrogens is 1. The number of amides is 2. The molecule has 1 aliphatic heterocycles. The molecule has 0 unspecified atom stereocenters. The Balaban J connectivity index is 1.65. The maximum Gasteiger partial charge on any atom is 0.254 e. The molecule has 1 fully saturated rings. The number of fused-ring (bicyclic) bond motifs is 3. The van der Waals surface area contributed by atoms with E-state index in [1.54, 1.807) is 23.4 Å². The number of aromatic nitrogens is 3. The van der Waals surface area contributed by atoms with Crippen molar-refractivity contribution >= 4 is 33.6 Å². The normalized spacial score (nSPS) is 14.3. The molecule has 0 atom stereocenters. The Labute approximate surface area is 171 Å². The zero-order chi connectivity index (χ0) is 20.7. The van der Waals surface area contributed by atoms with Crippen molar-refractivity contribution in [2.75, 3.05) is 26.3 Å². The zero-order valence-electron chi connectivity index (χ0n) is 16.1. The van der Waals surface area contributed by atoms with E-state index in [1.807, 2.05) is 24.3 Å². The standard InChI is InChI=1S/C22H19N5O3/c23-21(28)18-8-14(15-10-24-12-25-11-15)7-17-16-2-1-13(9-19(16)26-20(17)18)22(29)27-3-5-30-6-4-27/h1-2,7-12,26H,3-6H2,(H2,23,28). The molecule has 150 valence electrons. The highest BCUT2D eigenvalue weighted by Crippen LogP contribution is 2.33. The first kappa shape index (κ1) is 18.3. The number of hydrogen-bond acceptors (Lipinski definition) is 5. The molecule has 2 amide bonds. The average Bonchev–Trinajstić information content (AvgIpc) is 3.16. The van der Waals surface area contributed by atoms with Crippen LogP contribution in [0.2, 0.25) is 0 Å². The van der Waals surface area contributed by atoms with Crippen molar-refractivity contribution in [1.82, 2.24) is 19.9 Å². The lowest BCUT2D eigenvalue weighted by Crippen LogP contribution is -2.40. The van der Waals surface area contributed by atoms with E-state index in [9.17, 15) is 9.59 Å². The molecule has 0 spiro atoms. The molecule has 1 saturated heterocycles. The summed E-state index contributed by atoms with van der Waals surface area (Å²) in [7, 11) is 0. The summed E-state index contributed by atoms with van der Waals surface area (Å²) in [5.74, 6) is -0.564. The minimum absolute atomic E-state index is 0.0314. The quantitative estimate of drug-likeness (QED) is 0.547. The van der Waals surface area contributed by atoms with Crippen molar-refractivity contribution < 1.29 is 14.3 Å². The fourth-order valence-corrected chi connectivity index (χ4v) is 3.90. The number of ether oxygens (including phenoxy) is 1. The molecule has 3 N–H and O–H groups in total. The van der Waals surface area contributed by atoms with Gasteiger partial charge in [-0.05, 0) is 29.8 Å². The highest BCUT2D eigenvalue weighted by molar-refractivity contribution is 6.16. The SMILES string of the molecule is NC(=O)c1cc(-c2cncnc2)cc2c1[nH]c1cc(C(=O)N3CCOCC3)ccc12. The summed E-state index contributed by atoms with van der Waals surface area (Å²) in [5.41, 5.74) is 9.63. The van der Waals surface area contributed by atoms with Crippen LogP contribution in [0.5, 0.6) is 0 Å². The van der Waals surface area contributed by atoms with Crippen molar-refractivity contribution in [2.24, 2.45) is 5.73 Å². The number of morpholine rings is 1. The number of nitrogens with zero attached hydrogens (tertiary/aromatic N) is 3. The number of benzene rings is 2. The Hall–Kier alpha value is -3.78. The highest BCUT2D eigenvalue weighted by Gasteiger charge is 2.20. The predicted octanol–water partition coefficient (Wildman–Crippen LogP) is 2.35. The Kier molecular flexibility index (Phi) is 4.40. The van der Waals surface area contributed by atoms with E-state index in [-0.39, 0.29) is 5.91 Å².